The summed E-state index contributed by atoms with van der Waals surface area (Å²) in [5, 5.41) is 13.7. The molecule has 0 unspecified atom stereocenters. The number of sulfonamides is 1. The molecule has 0 aliphatic heterocycles. The van der Waals surface area contributed by atoms with Crippen molar-refractivity contribution in [3.8, 4) is 11.1 Å². The number of aromatic nitrogens is 3. The number of aromatic amines is 1. The zero-order valence-electron chi connectivity index (χ0n) is 20.3. The topological polar surface area (TPSA) is 123 Å². The summed E-state index contributed by atoms with van der Waals surface area (Å²) in [5.74, 6) is -0.0313. The lowest BCUT2D eigenvalue weighted by Gasteiger charge is -2.18. The lowest BCUT2D eigenvalue weighted by Crippen LogP contribution is -2.30. The van der Waals surface area contributed by atoms with Crippen LogP contribution in [0.3, 0.4) is 0 Å². The van der Waals surface area contributed by atoms with Gasteiger partial charge in [-0.25, -0.2) is 13.6 Å². The van der Waals surface area contributed by atoms with Crippen LogP contribution in [0, 0.1) is 0 Å². The molecule has 8 nitrogen and oxygen atoms in total. The molecule has 0 fully saturated rings. The number of rotatable bonds is 9. The van der Waals surface area contributed by atoms with Gasteiger partial charge in [-0.3, -0.25) is 9.48 Å². The van der Waals surface area contributed by atoms with E-state index in [0.717, 1.165) is 33.2 Å². The molecule has 0 spiro atoms. The number of carbonyl (C=O) groups excluding carboxylic acids is 1. The zero-order chi connectivity index (χ0) is 26.0. The summed E-state index contributed by atoms with van der Waals surface area (Å²) in [6.45, 7) is 0.521. The molecule has 4 N–H and O–H groups in total. The third-order valence-electron chi connectivity index (χ3n) is 6.39. The molecule has 9 heteroatoms. The minimum Gasteiger partial charge on any atom is -0.360 e. The maximum absolute atomic E-state index is 13.8. The molecule has 0 aliphatic carbocycles. The van der Waals surface area contributed by atoms with Crippen molar-refractivity contribution in [2.75, 3.05) is 6.54 Å². The average molecular weight is 514 g/mol. The fourth-order valence-corrected chi connectivity index (χ4v) is 4.96. The highest BCUT2D eigenvalue weighted by Gasteiger charge is 2.24. The van der Waals surface area contributed by atoms with E-state index in [1.807, 2.05) is 68.0 Å². The number of Topliss-reactive ketones (excluding diaryl/α,β-unsaturated/α-hetero) is 1. The highest BCUT2D eigenvalue weighted by Crippen LogP contribution is 2.28. The van der Waals surface area contributed by atoms with E-state index >= 15 is 0 Å². The van der Waals surface area contributed by atoms with Crippen LogP contribution < -0.4 is 10.5 Å². The van der Waals surface area contributed by atoms with Gasteiger partial charge < -0.3 is 10.3 Å². The number of ketones is 1. The average Bonchev–Trinajstić information content (AvgIpc) is 3.52. The lowest BCUT2D eigenvalue weighted by atomic mass is 9.96. The van der Waals surface area contributed by atoms with E-state index in [1.165, 1.54) is 12.1 Å². The second-order valence-corrected chi connectivity index (χ2v) is 10.5. The van der Waals surface area contributed by atoms with Gasteiger partial charge in [0.1, 0.15) is 0 Å². The number of nitrogens with one attached hydrogen (secondary N) is 2. The van der Waals surface area contributed by atoms with E-state index in [0.29, 0.717) is 18.5 Å². The maximum Gasteiger partial charge on any atom is 0.238 e. The minimum absolute atomic E-state index is 0.0313. The first-order chi connectivity index (χ1) is 17.8. The molecule has 0 amide bonds. The normalized spacial score (nSPS) is 12.6. The van der Waals surface area contributed by atoms with Gasteiger partial charge in [0.05, 0.1) is 17.1 Å². The fourth-order valence-electron chi connectivity index (χ4n) is 4.45. The summed E-state index contributed by atoms with van der Waals surface area (Å²) >= 11 is 0. The largest absolute Gasteiger partial charge is 0.360 e. The number of H-pyrrole nitrogens is 1. The van der Waals surface area contributed by atoms with Gasteiger partial charge in [-0.1, -0.05) is 54.6 Å². The van der Waals surface area contributed by atoms with Crippen LogP contribution in [0.1, 0.15) is 27.5 Å². The predicted octanol–water partition coefficient (Wildman–Crippen LogP) is 3.97. The molecular formula is C28H27N5O3S. The number of carbonyl (C=O) groups is 1. The Morgan fingerprint density at radius 3 is 2.49 bits per heavy atom. The monoisotopic (exact) mass is 513 g/mol. The number of nitrogens with zero attached hydrogens (tertiary/aromatic N) is 2. The number of nitrogens with two attached hydrogens (primary N) is 1. The number of hydrogen-bond donors (Lipinski definition) is 3. The molecule has 2 heterocycles. The molecule has 0 aliphatic rings. The highest BCUT2D eigenvalue weighted by atomic mass is 32.2. The Kier molecular flexibility index (Phi) is 6.75. The zero-order valence-corrected chi connectivity index (χ0v) is 21.1. The molecule has 3 aromatic carbocycles. The Balaban J connectivity index is 1.37. The van der Waals surface area contributed by atoms with Gasteiger partial charge in [-0.2, -0.15) is 5.10 Å². The van der Waals surface area contributed by atoms with Crippen LogP contribution in [0.15, 0.2) is 96.3 Å². The standard InChI is InChI=1S/C28H27N5O3S/c1-33-18-22(16-32-33)21-9-12-24-25(17-31-26(24)15-21)28(34)27(20-5-3-2-4-6-20)30-14-13-19-7-10-23(11-8-19)37(29,35)36/h2-12,15-18,27,30-31H,13-14H2,1H3,(H2,29,35,36)/t27-/m0/s1. The van der Waals surface area contributed by atoms with Crippen LogP contribution in [0.25, 0.3) is 22.0 Å². The van der Waals surface area contributed by atoms with E-state index in [4.69, 9.17) is 5.14 Å². The summed E-state index contributed by atoms with van der Waals surface area (Å²) in [6.07, 6.45) is 6.15. The summed E-state index contributed by atoms with van der Waals surface area (Å²) < 4.78 is 24.8. The van der Waals surface area contributed by atoms with Crippen molar-refractivity contribution < 1.29 is 13.2 Å². The molecule has 37 heavy (non-hydrogen) atoms. The number of hydrogen-bond acceptors (Lipinski definition) is 5. The Bertz CT molecular complexity index is 1660. The molecule has 5 aromatic rings. The third-order valence-corrected chi connectivity index (χ3v) is 7.32. The van der Waals surface area contributed by atoms with Crippen LogP contribution in [0.5, 0.6) is 0 Å². The van der Waals surface area contributed by atoms with Gasteiger partial charge in [0, 0.05) is 48.0 Å². The molecule has 2 aromatic heterocycles. The Morgan fingerprint density at radius 1 is 1.05 bits per heavy atom. The summed E-state index contributed by atoms with van der Waals surface area (Å²) in [5.41, 5.74) is 5.34. The van der Waals surface area contributed by atoms with E-state index in [2.05, 4.69) is 15.4 Å². The third kappa shape index (κ3) is 5.39. The van der Waals surface area contributed by atoms with Gasteiger partial charge in [0.2, 0.25) is 10.0 Å². The first-order valence-electron chi connectivity index (χ1n) is 11.8. The van der Waals surface area contributed by atoms with Crippen LogP contribution in [-0.2, 0) is 23.5 Å². The quantitative estimate of drug-likeness (QED) is 0.257. The summed E-state index contributed by atoms with van der Waals surface area (Å²) in [7, 11) is -1.85. The van der Waals surface area contributed by atoms with E-state index < -0.39 is 16.1 Å². The van der Waals surface area contributed by atoms with Crippen molar-refractivity contribution in [2.45, 2.75) is 17.4 Å². The van der Waals surface area contributed by atoms with Crippen molar-refractivity contribution in [2.24, 2.45) is 12.2 Å². The number of aryl methyl sites for hydroxylation is 1. The predicted molar refractivity (Wildman–Crippen MR) is 144 cm³/mol. The second kappa shape index (κ2) is 10.1. The molecule has 5 rings (SSSR count). The van der Waals surface area contributed by atoms with Gasteiger partial charge in [0.25, 0.3) is 0 Å². The molecule has 0 bridgehead atoms. The Labute approximate surface area is 215 Å². The fraction of sp³-hybridized carbons (Fsp3) is 0.143. The van der Waals surface area contributed by atoms with Gasteiger partial charge in [0.15, 0.2) is 5.78 Å². The van der Waals surface area contributed by atoms with E-state index in [1.54, 1.807) is 23.0 Å². The molecule has 1 atom stereocenters. The maximum atomic E-state index is 13.8. The van der Waals surface area contributed by atoms with Crippen LogP contribution in [-0.4, -0.2) is 35.5 Å². The van der Waals surface area contributed by atoms with Crippen LogP contribution in [0.4, 0.5) is 0 Å². The van der Waals surface area contributed by atoms with E-state index in [-0.39, 0.29) is 10.7 Å². The van der Waals surface area contributed by atoms with Crippen molar-refractivity contribution in [3.05, 3.63) is 108 Å². The first kappa shape index (κ1) is 24.6. The van der Waals surface area contributed by atoms with Gasteiger partial charge in [-0.05, 0) is 41.3 Å². The Hall–Kier alpha value is -4.05. The van der Waals surface area contributed by atoms with E-state index in [9.17, 15) is 13.2 Å². The highest BCUT2D eigenvalue weighted by molar-refractivity contribution is 7.89. The number of primary sulfonamides is 1. The molecular weight excluding hydrogens is 486 g/mol. The number of benzene rings is 3. The summed E-state index contributed by atoms with van der Waals surface area (Å²) in [6, 6.07) is 21.5. The van der Waals surface area contributed by atoms with Gasteiger partial charge in [-0.15, -0.1) is 0 Å². The summed E-state index contributed by atoms with van der Waals surface area (Å²) in [4.78, 5) is 17.1. The van der Waals surface area contributed by atoms with Crippen LogP contribution >= 0.6 is 0 Å². The minimum atomic E-state index is -3.73. The first-order valence-corrected chi connectivity index (χ1v) is 13.4. The van der Waals surface area contributed by atoms with Gasteiger partial charge >= 0.3 is 0 Å². The number of fused-ring (bicyclic) bond motifs is 1. The van der Waals surface area contributed by atoms with Crippen molar-refractivity contribution in [1.82, 2.24) is 20.1 Å². The SMILES string of the molecule is Cn1cc(-c2ccc3c(C(=O)[C@@H](NCCc4ccc(S(N)(=O)=O)cc4)c4ccccc4)c[nH]c3c2)cn1. The molecule has 0 saturated heterocycles. The van der Waals surface area contributed by atoms with Crippen molar-refractivity contribution in [3.63, 3.8) is 0 Å². The molecule has 0 radical (unpaired) electrons. The Morgan fingerprint density at radius 2 is 1.81 bits per heavy atom. The van der Waals surface area contributed by atoms with Crippen molar-refractivity contribution >= 4 is 26.7 Å². The second-order valence-electron chi connectivity index (χ2n) is 8.97. The van der Waals surface area contributed by atoms with Crippen LogP contribution in [0.2, 0.25) is 0 Å². The lowest BCUT2D eigenvalue weighted by molar-refractivity contribution is 0.0945. The smallest absolute Gasteiger partial charge is 0.238 e. The molecule has 188 valence electrons. The van der Waals surface area contributed by atoms with Crippen molar-refractivity contribution in [1.29, 1.82) is 0 Å². The molecule has 0 saturated carbocycles.